The summed E-state index contributed by atoms with van der Waals surface area (Å²) in [6.07, 6.45) is 1.53. The molecule has 0 atom stereocenters. The molecule has 21 heavy (non-hydrogen) atoms. The van der Waals surface area contributed by atoms with Crippen molar-refractivity contribution in [2.24, 2.45) is 0 Å². The van der Waals surface area contributed by atoms with E-state index in [9.17, 15) is 14.9 Å². The van der Waals surface area contributed by atoms with Gasteiger partial charge in [0.1, 0.15) is 17.1 Å². The van der Waals surface area contributed by atoms with Gasteiger partial charge in [-0.3, -0.25) is 14.9 Å². The maximum absolute atomic E-state index is 12.2. The molecule has 2 aromatic rings. The summed E-state index contributed by atoms with van der Waals surface area (Å²) >= 11 is 0. The van der Waals surface area contributed by atoms with Gasteiger partial charge in [0.05, 0.1) is 12.0 Å². The molecular weight excluding hydrogens is 274 g/mol. The monoisotopic (exact) mass is 287 g/mol. The highest BCUT2D eigenvalue weighted by Crippen LogP contribution is 2.25. The number of nitro groups is 1. The molecule has 0 radical (unpaired) electrons. The van der Waals surface area contributed by atoms with Crippen LogP contribution in [0.25, 0.3) is 0 Å². The van der Waals surface area contributed by atoms with Crippen LogP contribution in [0, 0.1) is 17.0 Å². The average Bonchev–Trinajstić information content (AvgIpc) is 2.48. The molecule has 108 valence electrons. The number of carbonyl (C=O) groups is 1. The fourth-order valence-electron chi connectivity index (χ4n) is 1.77. The Bertz CT molecular complexity index is 700. The molecule has 0 aliphatic heterocycles. The predicted octanol–water partition coefficient (Wildman–Crippen LogP) is 2.56. The lowest BCUT2D eigenvalue weighted by atomic mass is 10.1. The first-order valence-corrected chi connectivity index (χ1v) is 6.08. The summed E-state index contributed by atoms with van der Waals surface area (Å²) in [4.78, 5) is 26.7. The van der Waals surface area contributed by atoms with Crippen LogP contribution in [0.2, 0.25) is 0 Å². The van der Waals surface area contributed by atoms with Crippen LogP contribution in [-0.2, 0) is 0 Å². The van der Waals surface area contributed by atoms with Crippen molar-refractivity contribution in [3.8, 4) is 5.75 Å². The van der Waals surface area contributed by atoms with Gasteiger partial charge < -0.3 is 10.1 Å². The number of amides is 1. The van der Waals surface area contributed by atoms with Crippen LogP contribution in [-0.4, -0.2) is 22.9 Å². The third-order valence-corrected chi connectivity index (χ3v) is 2.89. The van der Waals surface area contributed by atoms with Gasteiger partial charge in [-0.1, -0.05) is 6.07 Å². The smallest absolute Gasteiger partial charge is 0.282 e. The van der Waals surface area contributed by atoms with E-state index in [1.165, 1.54) is 31.5 Å². The Kier molecular flexibility index (Phi) is 4.13. The highest BCUT2D eigenvalue weighted by atomic mass is 16.6. The summed E-state index contributed by atoms with van der Waals surface area (Å²) < 4.78 is 5.00. The Morgan fingerprint density at radius 1 is 1.38 bits per heavy atom. The van der Waals surface area contributed by atoms with Crippen molar-refractivity contribution in [3.05, 3.63) is 57.8 Å². The standard InChI is InChI=1S/C14H13N3O4/c1-9-4-3-7-15-13(9)16-14(18)11-8-10(21-2)5-6-12(11)17(19)20/h3-8H,1-2H3,(H,15,16,18). The molecule has 0 fully saturated rings. The quantitative estimate of drug-likeness (QED) is 0.688. The van der Waals surface area contributed by atoms with Gasteiger partial charge >= 0.3 is 0 Å². The van der Waals surface area contributed by atoms with Crippen molar-refractivity contribution >= 4 is 17.4 Å². The minimum absolute atomic E-state index is 0.0793. The van der Waals surface area contributed by atoms with Crippen LogP contribution in [0.15, 0.2) is 36.5 Å². The highest BCUT2D eigenvalue weighted by molar-refractivity contribution is 6.07. The molecule has 7 heteroatoms. The summed E-state index contributed by atoms with van der Waals surface area (Å²) in [6, 6.07) is 7.51. The number of methoxy groups -OCH3 is 1. The Balaban J connectivity index is 2.38. The van der Waals surface area contributed by atoms with Gasteiger partial charge in [-0.05, 0) is 30.7 Å². The number of aryl methyl sites for hydroxylation is 1. The molecule has 1 heterocycles. The minimum atomic E-state index is -0.611. The number of rotatable bonds is 4. The zero-order valence-electron chi connectivity index (χ0n) is 11.5. The van der Waals surface area contributed by atoms with Gasteiger partial charge in [0.2, 0.25) is 0 Å². The third-order valence-electron chi connectivity index (χ3n) is 2.89. The summed E-state index contributed by atoms with van der Waals surface area (Å²) in [7, 11) is 1.42. The Morgan fingerprint density at radius 2 is 2.14 bits per heavy atom. The van der Waals surface area contributed by atoms with E-state index in [2.05, 4.69) is 10.3 Å². The second-order valence-electron chi connectivity index (χ2n) is 4.26. The molecule has 0 saturated heterocycles. The van der Waals surface area contributed by atoms with Gasteiger partial charge in [0.15, 0.2) is 0 Å². The van der Waals surface area contributed by atoms with E-state index < -0.39 is 10.8 Å². The number of nitrogens with one attached hydrogen (secondary N) is 1. The first-order valence-electron chi connectivity index (χ1n) is 6.08. The second kappa shape index (κ2) is 6.00. The number of hydrogen-bond donors (Lipinski definition) is 1. The number of ether oxygens (including phenoxy) is 1. The van der Waals surface area contributed by atoms with Gasteiger partial charge in [-0.25, -0.2) is 4.98 Å². The minimum Gasteiger partial charge on any atom is -0.497 e. The Morgan fingerprint density at radius 3 is 2.76 bits per heavy atom. The van der Waals surface area contributed by atoms with Crippen molar-refractivity contribution in [3.63, 3.8) is 0 Å². The van der Waals surface area contributed by atoms with E-state index in [0.29, 0.717) is 11.6 Å². The third kappa shape index (κ3) is 3.14. The molecule has 2 rings (SSSR count). The van der Waals surface area contributed by atoms with Crippen LogP contribution >= 0.6 is 0 Å². The first-order chi connectivity index (χ1) is 10.0. The molecule has 1 aromatic carbocycles. The summed E-state index contributed by atoms with van der Waals surface area (Å²) in [5.41, 5.74) is 0.391. The van der Waals surface area contributed by atoms with Crippen LogP contribution in [0.5, 0.6) is 5.75 Å². The summed E-state index contributed by atoms with van der Waals surface area (Å²) in [5.74, 6) is 0.116. The van der Waals surface area contributed by atoms with Crippen molar-refractivity contribution < 1.29 is 14.5 Å². The van der Waals surface area contributed by atoms with E-state index in [0.717, 1.165) is 5.56 Å². The van der Waals surface area contributed by atoms with E-state index in [4.69, 9.17) is 4.74 Å². The lowest BCUT2D eigenvalue weighted by Gasteiger charge is -2.08. The molecular formula is C14H13N3O4. The number of benzene rings is 1. The molecule has 1 aromatic heterocycles. The van der Waals surface area contributed by atoms with E-state index in [1.807, 2.05) is 0 Å². The molecule has 1 N–H and O–H groups in total. The topological polar surface area (TPSA) is 94.4 Å². The van der Waals surface area contributed by atoms with Gasteiger partial charge in [-0.2, -0.15) is 0 Å². The van der Waals surface area contributed by atoms with Crippen LogP contribution in [0.4, 0.5) is 11.5 Å². The zero-order chi connectivity index (χ0) is 15.4. The maximum Gasteiger partial charge on any atom is 0.282 e. The number of anilines is 1. The Labute approximate surface area is 120 Å². The average molecular weight is 287 g/mol. The number of nitrogens with zero attached hydrogens (tertiary/aromatic N) is 2. The molecule has 0 saturated carbocycles. The molecule has 0 aliphatic carbocycles. The molecule has 0 bridgehead atoms. The van der Waals surface area contributed by atoms with Crippen molar-refractivity contribution in [2.45, 2.75) is 6.92 Å². The van der Waals surface area contributed by atoms with Crippen LogP contribution in [0.3, 0.4) is 0 Å². The van der Waals surface area contributed by atoms with E-state index in [-0.39, 0.29) is 11.3 Å². The van der Waals surface area contributed by atoms with Crippen LogP contribution in [0.1, 0.15) is 15.9 Å². The van der Waals surface area contributed by atoms with Crippen molar-refractivity contribution in [1.29, 1.82) is 0 Å². The SMILES string of the molecule is COc1ccc([N+](=O)[O-])c(C(=O)Nc2ncccc2C)c1. The largest absolute Gasteiger partial charge is 0.497 e. The van der Waals surface area contributed by atoms with Gasteiger partial charge in [-0.15, -0.1) is 0 Å². The van der Waals surface area contributed by atoms with Gasteiger partial charge in [0, 0.05) is 12.3 Å². The molecule has 7 nitrogen and oxygen atoms in total. The zero-order valence-corrected chi connectivity index (χ0v) is 11.5. The first kappa shape index (κ1) is 14.4. The lowest BCUT2D eigenvalue weighted by molar-refractivity contribution is -0.385. The number of pyridine rings is 1. The van der Waals surface area contributed by atoms with Crippen molar-refractivity contribution in [2.75, 3.05) is 12.4 Å². The molecule has 1 amide bonds. The normalized spacial score (nSPS) is 10.0. The Hall–Kier alpha value is -2.96. The molecule has 0 unspecified atom stereocenters. The fraction of sp³-hybridized carbons (Fsp3) is 0.143. The highest BCUT2D eigenvalue weighted by Gasteiger charge is 2.21. The van der Waals surface area contributed by atoms with E-state index >= 15 is 0 Å². The fourth-order valence-corrected chi connectivity index (χ4v) is 1.77. The number of carbonyl (C=O) groups excluding carboxylic acids is 1. The summed E-state index contributed by atoms with van der Waals surface area (Å²) in [5, 5.41) is 13.6. The van der Waals surface area contributed by atoms with E-state index in [1.54, 1.807) is 19.1 Å². The van der Waals surface area contributed by atoms with Gasteiger partial charge in [0.25, 0.3) is 11.6 Å². The summed E-state index contributed by atoms with van der Waals surface area (Å²) in [6.45, 7) is 1.78. The van der Waals surface area contributed by atoms with Crippen LogP contribution < -0.4 is 10.1 Å². The lowest BCUT2D eigenvalue weighted by Crippen LogP contribution is -2.15. The molecule has 0 spiro atoms. The number of hydrogen-bond acceptors (Lipinski definition) is 5. The predicted molar refractivity (Wildman–Crippen MR) is 76.6 cm³/mol. The second-order valence-corrected chi connectivity index (χ2v) is 4.26. The maximum atomic E-state index is 12.2. The van der Waals surface area contributed by atoms with Crippen molar-refractivity contribution in [1.82, 2.24) is 4.98 Å². The number of nitro benzene ring substituents is 1. The number of aromatic nitrogens is 1. The molecule has 0 aliphatic rings.